The Kier molecular flexibility index (Phi) is 7.22. The molecule has 5 rings (SSSR count). The Hall–Kier alpha value is -3.73. The first-order chi connectivity index (χ1) is 18.0. The van der Waals surface area contributed by atoms with E-state index in [2.05, 4.69) is 18.3 Å². The van der Waals surface area contributed by atoms with Crippen LogP contribution in [0.4, 0.5) is 15.8 Å². The summed E-state index contributed by atoms with van der Waals surface area (Å²) in [7, 11) is 0. The molecule has 0 saturated heterocycles. The second kappa shape index (κ2) is 10.7. The van der Waals surface area contributed by atoms with Gasteiger partial charge >= 0.3 is 0 Å². The largest absolute Gasteiger partial charge is 0.357 e. The molecular formula is C32H33FN2O2. The summed E-state index contributed by atoms with van der Waals surface area (Å²) in [4.78, 5) is 29.7. The van der Waals surface area contributed by atoms with E-state index >= 15 is 0 Å². The van der Waals surface area contributed by atoms with Crippen LogP contribution in [-0.4, -0.2) is 11.7 Å². The highest BCUT2D eigenvalue weighted by atomic mass is 19.1. The molecule has 190 valence electrons. The van der Waals surface area contributed by atoms with E-state index < -0.39 is 12.0 Å². The average molecular weight is 497 g/mol. The smallest absolute Gasteiger partial charge is 0.227 e. The average Bonchev–Trinajstić information content (AvgIpc) is 3.04. The molecule has 3 aromatic rings. The van der Waals surface area contributed by atoms with Crippen molar-refractivity contribution in [1.82, 2.24) is 0 Å². The second-order valence-corrected chi connectivity index (χ2v) is 10.2. The maximum absolute atomic E-state index is 14.0. The van der Waals surface area contributed by atoms with Crippen molar-refractivity contribution in [3.05, 3.63) is 107 Å². The molecular weight excluding hydrogens is 463 g/mol. The molecule has 0 unspecified atom stereocenters. The van der Waals surface area contributed by atoms with Crippen molar-refractivity contribution in [3.63, 3.8) is 0 Å². The standard InChI is InChI=1S/C32H33FN2O2/c1-3-4-6-11-30(37)35-28-18-21(2)12-17-26(28)34-27-19-24(22-9-7-5-8-10-22)20-29(36)31(27)32(35)23-13-15-25(33)16-14-23/h5,7-10,12-19,24,31-32,34H,3-4,6,11,20H2,1-2H3/t24-,31-,32+/m1/s1. The van der Waals surface area contributed by atoms with Gasteiger partial charge in [-0.2, -0.15) is 0 Å². The van der Waals surface area contributed by atoms with Crippen molar-refractivity contribution in [2.45, 2.75) is 57.9 Å². The van der Waals surface area contributed by atoms with E-state index in [1.54, 1.807) is 12.1 Å². The zero-order chi connectivity index (χ0) is 25.9. The molecule has 0 spiro atoms. The van der Waals surface area contributed by atoms with Gasteiger partial charge in [0.15, 0.2) is 0 Å². The molecule has 37 heavy (non-hydrogen) atoms. The number of nitrogens with one attached hydrogen (secondary N) is 1. The van der Waals surface area contributed by atoms with Gasteiger partial charge in [0.1, 0.15) is 11.6 Å². The Morgan fingerprint density at radius 3 is 2.49 bits per heavy atom. The first-order valence-electron chi connectivity index (χ1n) is 13.2. The van der Waals surface area contributed by atoms with Gasteiger partial charge in [-0.15, -0.1) is 0 Å². The summed E-state index contributed by atoms with van der Waals surface area (Å²) >= 11 is 0. The van der Waals surface area contributed by atoms with E-state index in [0.717, 1.165) is 53.0 Å². The monoisotopic (exact) mass is 496 g/mol. The van der Waals surface area contributed by atoms with Crippen LogP contribution in [0.15, 0.2) is 84.6 Å². The summed E-state index contributed by atoms with van der Waals surface area (Å²) in [6, 6.07) is 21.7. The number of aryl methyl sites for hydroxylation is 1. The number of amides is 1. The predicted octanol–water partition coefficient (Wildman–Crippen LogP) is 7.47. The summed E-state index contributed by atoms with van der Waals surface area (Å²) < 4.78 is 14.0. The number of anilines is 2. The number of ketones is 1. The van der Waals surface area contributed by atoms with Crippen LogP contribution in [0, 0.1) is 18.7 Å². The first kappa shape index (κ1) is 24.9. The molecule has 0 fully saturated rings. The molecule has 2 aliphatic rings. The van der Waals surface area contributed by atoms with E-state index in [1.807, 2.05) is 60.4 Å². The van der Waals surface area contributed by atoms with E-state index in [0.29, 0.717) is 12.8 Å². The number of rotatable bonds is 6. The van der Waals surface area contributed by atoms with Crippen LogP contribution < -0.4 is 10.2 Å². The molecule has 1 heterocycles. The van der Waals surface area contributed by atoms with Gasteiger partial charge in [-0.05, 0) is 54.3 Å². The van der Waals surface area contributed by atoms with Gasteiger partial charge in [0, 0.05) is 24.5 Å². The number of fused-ring (bicyclic) bond motifs is 2. The van der Waals surface area contributed by atoms with Crippen LogP contribution >= 0.6 is 0 Å². The maximum Gasteiger partial charge on any atom is 0.227 e. The Balaban J connectivity index is 1.69. The third kappa shape index (κ3) is 5.08. The van der Waals surface area contributed by atoms with Crippen molar-refractivity contribution < 1.29 is 14.0 Å². The second-order valence-electron chi connectivity index (χ2n) is 10.2. The Bertz CT molecular complexity index is 1320. The molecule has 1 amide bonds. The van der Waals surface area contributed by atoms with Crippen molar-refractivity contribution in [1.29, 1.82) is 0 Å². The third-order valence-corrected chi connectivity index (χ3v) is 7.47. The Morgan fingerprint density at radius 1 is 1.00 bits per heavy atom. The van der Waals surface area contributed by atoms with E-state index in [9.17, 15) is 14.0 Å². The third-order valence-electron chi connectivity index (χ3n) is 7.47. The topological polar surface area (TPSA) is 49.4 Å². The van der Waals surface area contributed by atoms with E-state index in [-0.39, 0.29) is 23.4 Å². The fourth-order valence-corrected chi connectivity index (χ4v) is 5.62. The summed E-state index contributed by atoms with van der Waals surface area (Å²) in [6.45, 7) is 4.11. The molecule has 1 N–H and O–H groups in total. The van der Waals surface area contributed by atoms with Crippen LogP contribution in [-0.2, 0) is 9.59 Å². The quantitative estimate of drug-likeness (QED) is 0.360. The van der Waals surface area contributed by atoms with Gasteiger partial charge in [-0.25, -0.2) is 4.39 Å². The molecule has 1 aliphatic carbocycles. The minimum atomic E-state index is -0.576. The summed E-state index contributed by atoms with van der Waals surface area (Å²) in [5, 5.41) is 3.55. The molecule has 0 aromatic heterocycles. The molecule has 0 bridgehead atoms. The summed E-state index contributed by atoms with van der Waals surface area (Å²) in [6.07, 6.45) is 5.66. The molecule has 5 heteroatoms. The lowest BCUT2D eigenvalue weighted by Gasteiger charge is -2.38. The van der Waals surface area contributed by atoms with E-state index in [4.69, 9.17) is 0 Å². The lowest BCUT2D eigenvalue weighted by Crippen LogP contribution is -2.42. The van der Waals surface area contributed by atoms with Gasteiger partial charge < -0.3 is 10.2 Å². The Labute approximate surface area is 218 Å². The number of unbranched alkanes of at least 4 members (excludes halogenated alkanes) is 2. The van der Waals surface area contributed by atoms with Crippen molar-refractivity contribution >= 4 is 23.1 Å². The van der Waals surface area contributed by atoms with Gasteiger partial charge in [0.2, 0.25) is 5.91 Å². The minimum absolute atomic E-state index is 0.0179. The van der Waals surface area contributed by atoms with Crippen molar-refractivity contribution in [2.24, 2.45) is 5.92 Å². The first-order valence-corrected chi connectivity index (χ1v) is 13.2. The number of Topliss-reactive ketones (excluding diaryl/α,β-unsaturated/α-hetero) is 1. The van der Waals surface area contributed by atoms with Crippen LogP contribution in [0.1, 0.15) is 67.7 Å². The van der Waals surface area contributed by atoms with Crippen LogP contribution in [0.5, 0.6) is 0 Å². The van der Waals surface area contributed by atoms with Gasteiger partial charge in [0.05, 0.1) is 23.3 Å². The number of carbonyl (C=O) groups excluding carboxylic acids is 2. The zero-order valence-corrected chi connectivity index (χ0v) is 21.4. The van der Waals surface area contributed by atoms with E-state index in [1.165, 1.54) is 12.1 Å². The normalized spacial score (nSPS) is 20.8. The highest BCUT2D eigenvalue weighted by Crippen LogP contribution is 2.48. The zero-order valence-electron chi connectivity index (χ0n) is 21.4. The number of nitrogens with zero attached hydrogens (tertiary/aromatic N) is 1. The van der Waals surface area contributed by atoms with Gasteiger partial charge in [-0.1, -0.05) is 74.4 Å². The Morgan fingerprint density at radius 2 is 1.76 bits per heavy atom. The SMILES string of the molecule is CCCCCC(=O)N1c2cc(C)ccc2NC2=C[C@@H](c3ccccc3)CC(=O)[C@@H]2[C@@H]1c1ccc(F)cc1. The molecule has 0 saturated carbocycles. The molecule has 4 nitrogen and oxygen atoms in total. The number of benzene rings is 3. The predicted molar refractivity (Wildman–Crippen MR) is 146 cm³/mol. The number of hydrogen-bond acceptors (Lipinski definition) is 3. The molecule has 0 radical (unpaired) electrons. The number of hydrogen-bond donors (Lipinski definition) is 1. The number of halogens is 1. The minimum Gasteiger partial charge on any atom is -0.357 e. The number of carbonyl (C=O) groups is 2. The molecule has 3 aromatic carbocycles. The highest BCUT2D eigenvalue weighted by molar-refractivity contribution is 6.01. The van der Waals surface area contributed by atoms with Gasteiger partial charge in [-0.3, -0.25) is 9.59 Å². The highest BCUT2D eigenvalue weighted by Gasteiger charge is 2.45. The van der Waals surface area contributed by atoms with Crippen molar-refractivity contribution in [3.8, 4) is 0 Å². The van der Waals surface area contributed by atoms with Crippen LogP contribution in [0.2, 0.25) is 0 Å². The van der Waals surface area contributed by atoms with Gasteiger partial charge in [0.25, 0.3) is 0 Å². The summed E-state index contributed by atoms with van der Waals surface area (Å²) in [5.74, 6) is -0.919. The van der Waals surface area contributed by atoms with Crippen LogP contribution in [0.25, 0.3) is 0 Å². The maximum atomic E-state index is 14.0. The fourth-order valence-electron chi connectivity index (χ4n) is 5.62. The van der Waals surface area contributed by atoms with Crippen molar-refractivity contribution in [2.75, 3.05) is 10.2 Å². The molecule has 1 aliphatic heterocycles. The lowest BCUT2D eigenvalue weighted by molar-refractivity contribution is -0.123. The lowest BCUT2D eigenvalue weighted by atomic mass is 9.76. The summed E-state index contributed by atoms with van der Waals surface area (Å²) in [5.41, 5.74) is 5.23. The number of allylic oxidation sites excluding steroid dienone is 1. The fraction of sp³-hybridized carbons (Fsp3) is 0.312. The van der Waals surface area contributed by atoms with Crippen LogP contribution in [0.3, 0.4) is 0 Å². The molecule has 3 atom stereocenters.